The SMILES string of the molecule is O=C(Cn1ncc(=O)c2ccccc21)Nc1ccc(Oc2cccc(F)c2)c2ccncc12. The number of halogens is 1. The van der Waals surface area contributed by atoms with Gasteiger partial charge in [0, 0.05) is 34.6 Å². The van der Waals surface area contributed by atoms with E-state index in [2.05, 4.69) is 15.4 Å². The van der Waals surface area contributed by atoms with E-state index in [4.69, 9.17) is 4.74 Å². The van der Waals surface area contributed by atoms with E-state index in [0.717, 1.165) is 0 Å². The number of pyridine rings is 1. The number of nitrogens with zero attached hydrogens (tertiary/aromatic N) is 3. The van der Waals surface area contributed by atoms with Gasteiger partial charge in [-0.1, -0.05) is 18.2 Å². The average Bonchev–Trinajstić information content (AvgIpc) is 2.83. The van der Waals surface area contributed by atoms with Gasteiger partial charge in [-0.15, -0.1) is 0 Å². The van der Waals surface area contributed by atoms with E-state index < -0.39 is 5.82 Å². The molecule has 0 aliphatic heterocycles. The maximum absolute atomic E-state index is 13.5. The van der Waals surface area contributed by atoms with Crippen LogP contribution >= 0.6 is 0 Å². The van der Waals surface area contributed by atoms with Gasteiger partial charge in [0.1, 0.15) is 23.9 Å². The first-order valence-electron chi connectivity index (χ1n) is 10.1. The van der Waals surface area contributed by atoms with E-state index in [-0.39, 0.29) is 17.9 Å². The van der Waals surface area contributed by atoms with Crippen molar-refractivity contribution in [2.45, 2.75) is 6.54 Å². The van der Waals surface area contributed by atoms with Crippen molar-refractivity contribution >= 4 is 33.3 Å². The van der Waals surface area contributed by atoms with Crippen LogP contribution in [-0.2, 0) is 11.3 Å². The molecule has 5 rings (SSSR count). The summed E-state index contributed by atoms with van der Waals surface area (Å²) in [6.07, 6.45) is 4.44. The largest absolute Gasteiger partial charge is 0.457 e. The highest BCUT2D eigenvalue weighted by molar-refractivity contribution is 6.04. The summed E-state index contributed by atoms with van der Waals surface area (Å²) in [6, 6.07) is 18.0. The topological polar surface area (TPSA) is 86.1 Å². The van der Waals surface area contributed by atoms with Gasteiger partial charge < -0.3 is 10.1 Å². The van der Waals surface area contributed by atoms with E-state index in [9.17, 15) is 14.0 Å². The Labute approximate surface area is 187 Å². The lowest BCUT2D eigenvalue weighted by Gasteiger charge is -2.14. The number of rotatable bonds is 5. The molecule has 0 radical (unpaired) electrons. The molecule has 5 aromatic rings. The van der Waals surface area contributed by atoms with Crippen LogP contribution in [0.25, 0.3) is 21.7 Å². The number of nitrogens with one attached hydrogen (secondary N) is 1. The maximum atomic E-state index is 13.5. The van der Waals surface area contributed by atoms with Crippen LogP contribution in [-0.4, -0.2) is 20.7 Å². The molecule has 3 aromatic carbocycles. The van der Waals surface area contributed by atoms with E-state index >= 15 is 0 Å². The second-order valence-corrected chi connectivity index (χ2v) is 7.32. The minimum atomic E-state index is -0.397. The maximum Gasteiger partial charge on any atom is 0.246 e. The Hall–Kier alpha value is -4.59. The fourth-order valence-corrected chi connectivity index (χ4v) is 3.63. The van der Waals surface area contributed by atoms with Gasteiger partial charge in [0.25, 0.3) is 0 Å². The monoisotopic (exact) mass is 440 g/mol. The van der Waals surface area contributed by atoms with E-state index in [1.807, 2.05) is 0 Å². The van der Waals surface area contributed by atoms with Gasteiger partial charge in [0.15, 0.2) is 0 Å². The third-order valence-electron chi connectivity index (χ3n) is 5.13. The fourth-order valence-electron chi connectivity index (χ4n) is 3.63. The van der Waals surface area contributed by atoms with Gasteiger partial charge in [-0.05, 0) is 42.5 Å². The van der Waals surface area contributed by atoms with Crippen molar-refractivity contribution in [3.05, 3.63) is 101 Å². The quantitative estimate of drug-likeness (QED) is 0.434. The lowest BCUT2D eigenvalue weighted by Crippen LogP contribution is -2.22. The molecule has 0 saturated heterocycles. The van der Waals surface area contributed by atoms with Gasteiger partial charge in [-0.25, -0.2) is 4.39 Å². The van der Waals surface area contributed by atoms with Gasteiger partial charge in [-0.3, -0.25) is 19.3 Å². The van der Waals surface area contributed by atoms with Crippen molar-refractivity contribution in [1.29, 1.82) is 0 Å². The summed E-state index contributed by atoms with van der Waals surface area (Å²) in [7, 11) is 0. The number of aromatic nitrogens is 3. The number of carbonyl (C=O) groups excluding carboxylic acids is 1. The Kier molecular flexibility index (Phi) is 5.24. The van der Waals surface area contributed by atoms with Crippen molar-refractivity contribution in [3.8, 4) is 11.5 Å². The highest BCUT2D eigenvalue weighted by Gasteiger charge is 2.13. The van der Waals surface area contributed by atoms with Crippen molar-refractivity contribution in [2.24, 2.45) is 0 Å². The smallest absolute Gasteiger partial charge is 0.246 e. The van der Waals surface area contributed by atoms with Crippen molar-refractivity contribution < 1.29 is 13.9 Å². The van der Waals surface area contributed by atoms with Gasteiger partial charge >= 0.3 is 0 Å². The second kappa shape index (κ2) is 8.51. The summed E-state index contributed by atoms with van der Waals surface area (Å²) in [5.41, 5.74) is 0.916. The van der Waals surface area contributed by atoms with Crippen LogP contribution in [0.15, 0.2) is 90.1 Å². The first kappa shape index (κ1) is 20.3. The number of fused-ring (bicyclic) bond motifs is 2. The summed E-state index contributed by atoms with van der Waals surface area (Å²) in [6.45, 7) is -0.0793. The molecule has 0 unspecified atom stereocenters. The first-order chi connectivity index (χ1) is 16.1. The lowest BCUT2D eigenvalue weighted by atomic mass is 10.1. The minimum Gasteiger partial charge on any atom is -0.457 e. The molecule has 162 valence electrons. The molecule has 0 atom stereocenters. The summed E-state index contributed by atoms with van der Waals surface area (Å²) >= 11 is 0. The molecule has 8 heteroatoms. The zero-order valence-corrected chi connectivity index (χ0v) is 17.2. The zero-order valence-electron chi connectivity index (χ0n) is 17.2. The Bertz CT molecular complexity index is 1560. The van der Waals surface area contributed by atoms with Crippen LogP contribution in [0.3, 0.4) is 0 Å². The van der Waals surface area contributed by atoms with Crippen LogP contribution in [0.5, 0.6) is 11.5 Å². The minimum absolute atomic E-state index is 0.0793. The molecular formula is C25H17FN4O3. The number of carbonyl (C=O) groups is 1. The van der Waals surface area contributed by atoms with Crippen LogP contribution in [0.2, 0.25) is 0 Å². The predicted octanol–water partition coefficient (Wildman–Crippen LogP) is 4.51. The third-order valence-corrected chi connectivity index (χ3v) is 5.13. The number of ether oxygens (including phenoxy) is 1. The molecule has 0 spiro atoms. The average molecular weight is 440 g/mol. The first-order valence-corrected chi connectivity index (χ1v) is 10.1. The number of anilines is 1. The van der Waals surface area contributed by atoms with Crippen LogP contribution in [0, 0.1) is 5.82 Å². The molecule has 0 aliphatic rings. The molecule has 0 saturated carbocycles. The van der Waals surface area contributed by atoms with Crippen molar-refractivity contribution in [1.82, 2.24) is 14.8 Å². The van der Waals surface area contributed by atoms with E-state index in [0.29, 0.717) is 38.9 Å². The number of hydrogen-bond donors (Lipinski definition) is 1. The third kappa shape index (κ3) is 4.14. The predicted molar refractivity (Wildman–Crippen MR) is 123 cm³/mol. The highest BCUT2D eigenvalue weighted by Crippen LogP contribution is 2.34. The summed E-state index contributed by atoms with van der Waals surface area (Å²) in [5.74, 6) is 0.149. The molecule has 0 bridgehead atoms. The van der Waals surface area contributed by atoms with Gasteiger partial charge in [-0.2, -0.15) is 5.10 Å². The number of amides is 1. The Morgan fingerprint density at radius 1 is 0.970 bits per heavy atom. The van der Waals surface area contributed by atoms with Gasteiger partial charge in [0.2, 0.25) is 11.3 Å². The van der Waals surface area contributed by atoms with Crippen LogP contribution < -0.4 is 15.5 Å². The molecule has 1 N–H and O–H groups in total. The highest BCUT2D eigenvalue weighted by atomic mass is 19.1. The summed E-state index contributed by atoms with van der Waals surface area (Å²) in [4.78, 5) is 29.0. The molecule has 7 nitrogen and oxygen atoms in total. The summed E-state index contributed by atoms with van der Waals surface area (Å²) in [5, 5.41) is 8.84. The summed E-state index contributed by atoms with van der Waals surface area (Å²) < 4.78 is 20.9. The van der Waals surface area contributed by atoms with Crippen LogP contribution in [0.1, 0.15) is 0 Å². The Morgan fingerprint density at radius 3 is 2.73 bits per heavy atom. The van der Waals surface area contributed by atoms with Crippen molar-refractivity contribution in [3.63, 3.8) is 0 Å². The zero-order chi connectivity index (χ0) is 22.8. The molecule has 0 fully saturated rings. The standard InChI is InChI=1S/C25H17FN4O3/c26-16-4-3-5-17(12-16)33-24-9-8-21(20-13-27-11-10-18(20)24)29-25(32)15-30-22-7-2-1-6-19(22)23(31)14-28-30/h1-14H,15H2,(H,29,32). The van der Waals surface area contributed by atoms with Gasteiger partial charge in [0.05, 0.1) is 17.4 Å². The molecule has 0 aliphatic carbocycles. The number of hydrogen-bond acceptors (Lipinski definition) is 5. The fraction of sp³-hybridized carbons (Fsp3) is 0.0400. The van der Waals surface area contributed by atoms with Crippen LogP contribution in [0.4, 0.5) is 10.1 Å². The van der Waals surface area contributed by atoms with Crippen molar-refractivity contribution in [2.75, 3.05) is 5.32 Å². The normalized spacial score (nSPS) is 10.9. The molecule has 2 heterocycles. The second-order valence-electron chi connectivity index (χ2n) is 7.32. The number of para-hydroxylation sites is 1. The number of benzene rings is 3. The molecule has 2 aromatic heterocycles. The molecular weight excluding hydrogens is 423 g/mol. The molecule has 1 amide bonds. The van der Waals surface area contributed by atoms with E-state index in [1.54, 1.807) is 67.0 Å². The molecule has 33 heavy (non-hydrogen) atoms. The Morgan fingerprint density at radius 2 is 1.85 bits per heavy atom. The Balaban J connectivity index is 1.43. The van der Waals surface area contributed by atoms with E-state index in [1.165, 1.54) is 23.0 Å². The lowest BCUT2D eigenvalue weighted by molar-refractivity contribution is -0.116.